The first-order chi connectivity index (χ1) is 6.71. The fourth-order valence-corrected chi connectivity index (χ4v) is 1.37. The summed E-state index contributed by atoms with van der Waals surface area (Å²) in [7, 11) is 1.05. The van der Waals surface area contributed by atoms with Crippen molar-refractivity contribution in [3.05, 3.63) is 11.6 Å². The van der Waals surface area contributed by atoms with E-state index in [2.05, 4.69) is 26.1 Å². The van der Waals surface area contributed by atoms with E-state index in [1.165, 1.54) is 0 Å². The molecule has 0 saturated carbocycles. The molecule has 0 bridgehead atoms. The lowest BCUT2D eigenvalue weighted by atomic mass is 10.3. The van der Waals surface area contributed by atoms with Gasteiger partial charge in [-0.1, -0.05) is 15.9 Å². The SMILES string of the molecule is Cn1c(CBr)nnc1C(F)(F)C(F)(F)F. The van der Waals surface area contributed by atoms with Gasteiger partial charge in [-0.05, 0) is 0 Å². The van der Waals surface area contributed by atoms with Gasteiger partial charge in [0.2, 0.25) is 5.82 Å². The molecule has 15 heavy (non-hydrogen) atoms. The van der Waals surface area contributed by atoms with Gasteiger partial charge in [0.05, 0.1) is 5.33 Å². The normalized spacial score (nSPS) is 13.3. The second-order valence-corrected chi connectivity index (χ2v) is 3.27. The molecule has 1 aromatic rings. The lowest BCUT2D eigenvalue weighted by Gasteiger charge is -2.18. The van der Waals surface area contributed by atoms with Gasteiger partial charge in [0.1, 0.15) is 5.82 Å². The van der Waals surface area contributed by atoms with Crippen LogP contribution in [0.4, 0.5) is 22.0 Å². The minimum Gasteiger partial charge on any atom is -0.312 e. The number of alkyl halides is 6. The maximum absolute atomic E-state index is 12.8. The number of rotatable bonds is 2. The standard InChI is InChI=1S/C6H5BrF5N3/c1-15-3(2-7)13-14-4(15)5(8,9)6(10,11)12/h2H2,1H3. The molecule has 0 N–H and O–H groups in total. The molecule has 0 unspecified atom stereocenters. The van der Waals surface area contributed by atoms with E-state index >= 15 is 0 Å². The zero-order valence-corrected chi connectivity index (χ0v) is 8.90. The van der Waals surface area contributed by atoms with Crippen LogP contribution in [0.25, 0.3) is 0 Å². The first-order valence-corrected chi connectivity index (χ1v) is 4.73. The second-order valence-electron chi connectivity index (χ2n) is 2.70. The first-order valence-electron chi connectivity index (χ1n) is 3.61. The number of nitrogens with zero attached hydrogens (tertiary/aromatic N) is 3. The lowest BCUT2D eigenvalue weighted by molar-refractivity contribution is -0.293. The molecule has 1 rings (SSSR count). The molecular weight excluding hydrogens is 289 g/mol. The van der Waals surface area contributed by atoms with E-state index in [0.29, 0.717) is 4.57 Å². The van der Waals surface area contributed by atoms with E-state index in [1.807, 2.05) is 0 Å². The van der Waals surface area contributed by atoms with Crippen molar-refractivity contribution in [2.24, 2.45) is 7.05 Å². The minimum absolute atomic E-state index is 0.00562. The molecule has 0 aliphatic heterocycles. The van der Waals surface area contributed by atoms with Crippen LogP contribution in [0.1, 0.15) is 11.6 Å². The van der Waals surface area contributed by atoms with Crippen LogP contribution < -0.4 is 0 Å². The van der Waals surface area contributed by atoms with Crippen molar-refractivity contribution in [3.63, 3.8) is 0 Å². The highest BCUT2D eigenvalue weighted by molar-refractivity contribution is 9.08. The zero-order chi connectivity index (χ0) is 11.9. The number of hydrogen-bond acceptors (Lipinski definition) is 2. The van der Waals surface area contributed by atoms with Crippen LogP contribution in [0, 0.1) is 0 Å². The van der Waals surface area contributed by atoms with Gasteiger partial charge in [0.15, 0.2) is 0 Å². The highest BCUT2D eigenvalue weighted by atomic mass is 79.9. The predicted molar refractivity (Wildman–Crippen MR) is 43.6 cm³/mol. The molecule has 0 aliphatic rings. The third-order valence-corrected chi connectivity index (χ3v) is 2.22. The summed E-state index contributed by atoms with van der Waals surface area (Å²) < 4.78 is 62.1. The summed E-state index contributed by atoms with van der Waals surface area (Å²) in [5, 5.41) is 6.08. The topological polar surface area (TPSA) is 30.7 Å². The van der Waals surface area contributed by atoms with Crippen molar-refractivity contribution >= 4 is 15.9 Å². The van der Waals surface area contributed by atoms with Crippen molar-refractivity contribution in [2.75, 3.05) is 0 Å². The lowest BCUT2D eigenvalue weighted by Crippen LogP contribution is -2.36. The molecule has 0 aliphatic carbocycles. The third-order valence-electron chi connectivity index (χ3n) is 1.72. The van der Waals surface area contributed by atoms with E-state index in [4.69, 9.17) is 0 Å². The van der Waals surface area contributed by atoms with Gasteiger partial charge >= 0.3 is 12.1 Å². The van der Waals surface area contributed by atoms with Crippen LogP contribution in [0.5, 0.6) is 0 Å². The molecule has 1 heterocycles. The number of aromatic nitrogens is 3. The highest BCUT2D eigenvalue weighted by Gasteiger charge is 2.62. The zero-order valence-electron chi connectivity index (χ0n) is 7.32. The average Bonchev–Trinajstić information content (AvgIpc) is 2.44. The van der Waals surface area contributed by atoms with E-state index in [1.54, 1.807) is 0 Å². The minimum atomic E-state index is -5.67. The fourth-order valence-electron chi connectivity index (χ4n) is 0.878. The molecule has 9 heteroatoms. The molecule has 3 nitrogen and oxygen atoms in total. The van der Waals surface area contributed by atoms with Gasteiger partial charge in [-0.25, -0.2) is 0 Å². The molecule has 1 aromatic heterocycles. The average molecular weight is 294 g/mol. The van der Waals surface area contributed by atoms with Gasteiger partial charge in [-0.15, -0.1) is 10.2 Å². The van der Waals surface area contributed by atoms with Crippen molar-refractivity contribution in [3.8, 4) is 0 Å². The van der Waals surface area contributed by atoms with Gasteiger partial charge in [-0.3, -0.25) is 0 Å². The summed E-state index contributed by atoms with van der Waals surface area (Å²) >= 11 is 2.89. The Kier molecular flexibility index (Phi) is 3.04. The molecule has 0 amide bonds. The van der Waals surface area contributed by atoms with E-state index in [9.17, 15) is 22.0 Å². The van der Waals surface area contributed by atoms with Crippen LogP contribution >= 0.6 is 15.9 Å². The molecule has 0 spiro atoms. The van der Waals surface area contributed by atoms with Crippen LogP contribution in [0.2, 0.25) is 0 Å². The molecule has 0 radical (unpaired) electrons. The smallest absolute Gasteiger partial charge is 0.312 e. The molecule has 0 aromatic carbocycles. The summed E-state index contributed by atoms with van der Waals surface area (Å²) in [6.45, 7) is 0. The largest absolute Gasteiger partial charge is 0.461 e. The van der Waals surface area contributed by atoms with Crippen molar-refractivity contribution in [1.29, 1.82) is 0 Å². The summed E-state index contributed by atoms with van der Waals surface area (Å²) in [6.07, 6.45) is -5.67. The number of hydrogen-bond donors (Lipinski definition) is 0. The summed E-state index contributed by atoms with van der Waals surface area (Å²) in [4.78, 5) is 0. The monoisotopic (exact) mass is 293 g/mol. The Morgan fingerprint density at radius 3 is 2.07 bits per heavy atom. The van der Waals surface area contributed by atoms with Crippen LogP contribution in [-0.4, -0.2) is 20.9 Å². The fraction of sp³-hybridized carbons (Fsp3) is 0.667. The van der Waals surface area contributed by atoms with E-state index < -0.39 is 17.9 Å². The van der Waals surface area contributed by atoms with E-state index in [0.717, 1.165) is 7.05 Å². The first kappa shape index (κ1) is 12.3. The Hall–Kier alpha value is -0.730. The molecule has 0 atom stereocenters. The van der Waals surface area contributed by atoms with E-state index in [-0.39, 0.29) is 11.2 Å². The molecule has 0 saturated heterocycles. The Labute approximate surface area is 89.4 Å². The predicted octanol–water partition coefficient (Wildman–Crippen LogP) is 2.36. The van der Waals surface area contributed by atoms with Gasteiger partial charge < -0.3 is 4.57 Å². The Balaban J connectivity index is 3.22. The molecule has 0 fully saturated rings. The van der Waals surface area contributed by atoms with Gasteiger partial charge in [0, 0.05) is 7.05 Å². The van der Waals surface area contributed by atoms with Gasteiger partial charge in [-0.2, -0.15) is 22.0 Å². The second kappa shape index (κ2) is 3.69. The van der Waals surface area contributed by atoms with Gasteiger partial charge in [0.25, 0.3) is 0 Å². The Morgan fingerprint density at radius 1 is 1.20 bits per heavy atom. The van der Waals surface area contributed by atoms with Crippen molar-refractivity contribution in [1.82, 2.24) is 14.8 Å². The maximum Gasteiger partial charge on any atom is 0.461 e. The van der Waals surface area contributed by atoms with Crippen molar-refractivity contribution < 1.29 is 22.0 Å². The quantitative estimate of drug-likeness (QED) is 0.619. The van der Waals surface area contributed by atoms with Crippen LogP contribution in [0.15, 0.2) is 0 Å². The van der Waals surface area contributed by atoms with Crippen LogP contribution in [0.3, 0.4) is 0 Å². The summed E-state index contributed by atoms with van der Waals surface area (Å²) in [5.41, 5.74) is 0. The Morgan fingerprint density at radius 2 is 1.73 bits per heavy atom. The number of halogens is 6. The molecular formula is C6H5BrF5N3. The summed E-state index contributed by atoms with van der Waals surface area (Å²) in [6, 6.07) is 0. The highest BCUT2D eigenvalue weighted by Crippen LogP contribution is 2.42. The van der Waals surface area contributed by atoms with Crippen molar-refractivity contribution in [2.45, 2.75) is 17.4 Å². The summed E-state index contributed by atoms with van der Waals surface area (Å²) in [5.74, 6) is -6.41. The Bertz CT molecular complexity index is 358. The third kappa shape index (κ3) is 1.97. The van der Waals surface area contributed by atoms with Crippen LogP contribution in [-0.2, 0) is 18.3 Å². The maximum atomic E-state index is 12.8. The molecule has 86 valence electrons.